The Kier molecular flexibility index (Phi) is 8.09. The normalized spacial score (nSPS) is 11.9. The van der Waals surface area contributed by atoms with Gasteiger partial charge < -0.3 is 15.5 Å². The van der Waals surface area contributed by atoms with Crippen LogP contribution in [0.4, 0.5) is 0 Å². The Morgan fingerprint density at radius 2 is 1.83 bits per heavy atom. The summed E-state index contributed by atoms with van der Waals surface area (Å²) in [5.74, 6) is 0.754. The molecule has 2 N–H and O–H groups in total. The summed E-state index contributed by atoms with van der Waals surface area (Å²) < 4.78 is 0. The molecule has 0 saturated carbocycles. The van der Waals surface area contributed by atoms with E-state index in [9.17, 15) is 4.79 Å². The first-order chi connectivity index (χ1) is 13.7. The Balaban J connectivity index is 1.89. The van der Waals surface area contributed by atoms with Crippen LogP contribution in [0.2, 0.25) is 5.02 Å². The van der Waals surface area contributed by atoms with Crippen LogP contribution in [0.3, 0.4) is 0 Å². The van der Waals surface area contributed by atoms with E-state index in [4.69, 9.17) is 11.6 Å². The third-order valence-corrected chi connectivity index (χ3v) is 5.14. The lowest BCUT2D eigenvalue weighted by Gasteiger charge is -2.27. The zero-order valence-electron chi connectivity index (χ0n) is 17.9. The first-order valence-electron chi connectivity index (χ1n) is 9.74. The van der Waals surface area contributed by atoms with Crippen LogP contribution in [0.1, 0.15) is 35.3 Å². The highest BCUT2D eigenvalue weighted by atomic mass is 35.5. The van der Waals surface area contributed by atoms with Crippen LogP contribution in [0.25, 0.3) is 0 Å². The van der Waals surface area contributed by atoms with Gasteiger partial charge >= 0.3 is 0 Å². The fraction of sp³-hybridized carbons (Fsp3) is 0.391. The van der Waals surface area contributed by atoms with Crippen LogP contribution in [0.15, 0.2) is 53.5 Å². The molecule has 0 aliphatic rings. The Morgan fingerprint density at radius 1 is 1.10 bits per heavy atom. The standard InChI is InChI=1S/C23H31ClN4O/c1-23(2,19-11-6-7-12-20(19)24)16-27-22(25-3)26-14-13-17-9-8-10-18(15-17)21(29)28(4)5/h6-12,15H,13-14,16H2,1-5H3,(H2,25,26,27). The molecule has 0 aromatic heterocycles. The van der Waals surface area contributed by atoms with E-state index < -0.39 is 0 Å². The van der Waals surface area contributed by atoms with Crippen molar-refractivity contribution in [3.05, 3.63) is 70.2 Å². The number of aliphatic imine (C=N–C) groups is 1. The summed E-state index contributed by atoms with van der Waals surface area (Å²) in [6.45, 7) is 5.72. The number of hydrogen-bond acceptors (Lipinski definition) is 2. The molecule has 0 fully saturated rings. The molecule has 5 nitrogen and oxygen atoms in total. The van der Waals surface area contributed by atoms with E-state index in [2.05, 4.69) is 35.5 Å². The van der Waals surface area contributed by atoms with Gasteiger partial charge in [0.1, 0.15) is 0 Å². The summed E-state index contributed by atoms with van der Waals surface area (Å²) in [5.41, 5.74) is 2.78. The number of nitrogens with zero attached hydrogens (tertiary/aromatic N) is 2. The van der Waals surface area contributed by atoms with Gasteiger partial charge in [-0.2, -0.15) is 0 Å². The molecular weight excluding hydrogens is 384 g/mol. The molecule has 156 valence electrons. The Morgan fingerprint density at radius 3 is 2.48 bits per heavy atom. The molecule has 29 heavy (non-hydrogen) atoms. The van der Waals surface area contributed by atoms with E-state index >= 15 is 0 Å². The topological polar surface area (TPSA) is 56.7 Å². The van der Waals surface area contributed by atoms with Crippen LogP contribution >= 0.6 is 11.6 Å². The van der Waals surface area contributed by atoms with Crippen molar-refractivity contribution in [1.82, 2.24) is 15.5 Å². The fourth-order valence-corrected chi connectivity index (χ4v) is 3.47. The molecule has 2 aromatic rings. The van der Waals surface area contributed by atoms with Gasteiger partial charge in [0.15, 0.2) is 5.96 Å². The summed E-state index contributed by atoms with van der Waals surface area (Å²) in [5, 5.41) is 7.50. The first-order valence-corrected chi connectivity index (χ1v) is 10.1. The minimum absolute atomic E-state index is 0.0130. The van der Waals surface area contributed by atoms with Crippen LogP contribution in [0, 0.1) is 0 Å². The number of benzene rings is 2. The highest BCUT2D eigenvalue weighted by Crippen LogP contribution is 2.28. The number of hydrogen-bond donors (Lipinski definition) is 2. The maximum absolute atomic E-state index is 12.1. The molecule has 2 rings (SSSR count). The van der Waals surface area contributed by atoms with Crippen LogP contribution in [-0.4, -0.2) is 51.0 Å². The lowest BCUT2D eigenvalue weighted by atomic mass is 9.84. The number of guanidine groups is 1. The van der Waals surface area contributed by atoms with Crippen LogP contribution in [0.5, 0.6) is 0 Å². The first kappa shape index (κ1) is 22.8. The predicted molar refractivity (Wildman–Crippen MR) is 122 cm³/mol. The molecule has 0 heterocycles. The number of carbonyl (C=O) groups excluding carboxylic acids is 1. The monoisotopic (exact) mass is 414 g/mol. The molecule has 0 unspecified atom stereocenters. The van der Waals surface area contributed by atoms with Crippen molar-refractivity contribution in [3.8, 4) is 0 Å². The molecule has 0 atom stereocenters. The van der Waals surface area contributed by atoms with Gasteiger partial charge in [0, 0.05) is 50.2 Å². The third kappa shape index (κ3) is 6.50. The van der Waals surface area contributed by atoms with Gasteiger partial charge in [0.2, 0.25) is 0 Å². The van der Waals surface area contributed by atoms with Crippen molar-refractivity contribution >= 4 is 23.5 Å². The second kappa shape index (κ2) is 10.3. The SMILES string of the molecule is CN=C(NCCc1cccc(C(=O)N(C)C)c1)NCC(C)(C)c1ccccc1Cl. The Bertz CT molecular complexity index is 861. The quantitative estimate of drug-likeness (QED) is 0.536. The van der Waals surface area contributed by atoms with Crippen molar-refractivity contribution in [2.75, 3.05) is 34.2 Å². The van der Waals surface area contributed by atoms with Crippen molar-refractivity contribution in [2.45, 2.75) is 25.7 Å². The van der Waals surface area contributed by atoms with Crippen LogP contribution in [-0.2, 0) is 11.8 Å². The minimum Gasteiger partial charge on any atom is -0.356 e. The van der Waals surface area contributed by atoms with E-state index in [1.54, 1.807) is 26.0 Å². The molecule has 2 aromatic carbocycles. The molecule has 6 heteroatoms. The molecule has 1 amide bonds. The average Bonchev–Trinajstić information content (AvgIpc) is 2.70. The number of nitrogens with one attached hydrogen (secondary N) is 2. The number of halogens is 1. The predicted octanol–water partition coefficient (Wildman–Crippen LogP) is 3.73. The number of carbonyl (C=O) groups is 1. The molecular formula is C23H31ClN4O. The number of amides is 1. The second-order valence-corrected chi connectivity index (χ2v) is 8.27. The second-order valence-electron chi connectivity index (χ2n) is 7.87. The highest BCUT2D eigenvalue weighted by Gasteiger charge is 2.23. The van der Waals surface area contributed by atoms with E-state index in [-0.39, 0.29) is 11.3 Å². The largest absolute Gasteiger partial charge is 0.356 e. The zero-order chi connectivity index (χ0) is 21.4. The Hall–Kier alpha value is -2.53. The zero-order valence-corrected chi connectivity index (χ0v) is 18.7. The summed E-state index contributed by atoms with van der Waals surface area (Å²) in [6, 6.07) is 15.7. The molecule has 0 radical (unpaired) electrons. The lowest BCUT2D eigenvalue weighted by Crippen LogP contribution is -2.44. The molecule has 0 aliphatic heterocycles. The van der Waals surface area contributed by atoms with Gasteiger partial charge in [-0.15, -0.1) is 0 Å². The summed E-state index contributed by atoms with van der Waals surface area (Å²) in [7, 11) is 5.28. The van der Waals surface area contributed by atoms with E-state index in [0.29, 0.717) is 18.7 Å². The Labute approximate surface area is 179 Å². The van der Waals surface area contributed by atoms with Gasteiger partial charge in [-0.25, -0.2) is 0 Å². The van der Waals surface area contributed by atoms with Crippen molar-refractivity contribution in [3.63, 3.8) is 0 Å². The molecule has 0 bridgehead atoms. The van der Waals surface area contributed by atoms with Gasteiger partial charge in [-0.1, -0.05) is 55.8 Å². The van der Waals surface area contributed by atoms with E-state index in [1.807, 2.05) is 42.5 Å². The number of rotatable bonds is 7. The van der Waals surface area contributed by atoms with Gasteiger partial charge in [-0.3, -0.25) is 9.79 Å². The smallest absolute Gasteiger partial charge is 0.253 e. The van der Waals surface area contributed by atoms with Gasteiger partial charge in [-0.05, 0) is 35.7 Å². The van der Waals surface area contributed by atoms with Crippen molar-refractivity contribution in [2.24, 2.45) is 4.99 Å². The van der Waals surface area contributed by atoms with Gasteiger partial charge in [0.05, 0.1) is 0 Å². The van der Waals surface area contributed by atoms with E-state index in [0.717, 1.165) is 28.5 Å². The van der Waals surface area contributed by atoms with Crippen molar-refractivity contribution < 1.29 is 4.79 Å². The van der Waals surface area contributed by atoms with Gasteiger partial charge in [0.25, 0.3) is 5.91 Å². The van der Waals surface area contributed by atoms with Crippen molar-refractivity contribution in [1.29, 1.82) is 0 Å². The van der Waals surface area contributed by atoms with E-state index in [1.165, 1.54) is 0 Å². The third-order valence-electron chi connectivity index (χ3n) is 4.81. The summed E-state index contributed by atoms with van der Waals surface area (Å²) in [6.07, 6.45) is 0.795. The maximum Gasteiger partial charge on any atom is 0.253 e. The lowest BCUT2D eigenvalue weighted by molar-refractivity contribution is 0.0827. The molecule has 0 saturated heterocycles. The average molecular weight is 415 g/mol. The van der Waals surface area contributed by atoms with Crippen LogP contribution < -0.4 is 10.6 Å². The fourth-order valence-electron chi connectivity index (χ4n) is 3.07. The highest BCUT2D eigenvalue weighted by molar-refractivity contribution is 6.31. The summed E-state index contributed by atoms with van der Waals surface area (Å²) in [4.78, 5) is 18.0. The maximum atomic E-state index is 12.1. The molecule has 0 spiro atoms. The molecule has 0 aliphatic carbocycles. The summed E-state index contributed by atoms with van der Waals surface area (Å²) >= 11 is 6.36. The minimum atomic E-state index is -0.142.